The normalized spacial score (nSPS) is 12.3. The fourth-order valence-corrected chi connectivity index (χ4v) is 1.98. The highest BCUT2D eigenvalue weighted by molar-refractivity contribution is 5.82. The van der Waals surface area contributed by atoms with Crippen LogP contribution in [0.4, 0.5) is 5.69 Å². The zero-order valence-corrected chi connectivity index (χ0v) is 12.4. The minimum Gasteiger partial charge on any atom is -0.360 e. The first-order valence-electron chi connectivity index (χ1n) is 6.84. The minimum absolute atomic E-state index is 0.657. The lowest BCUT2D eigenvalue weighted by atomic mass is 10.1. The van der Waals surface area contributed by atoms with Gasteiger partial charge in [-0.25, -0.2) is 4.99 Å². The van der Waals surface area contributed by atoms with E-state index in [4.69, 9.17) is 4.99 Å². The molecule has 0 saturated carbocycles. The van der Waals surface area contributed by atoms with Crippen LogP contribution in [0.25, 0.3) is 0 Å². The van der Waals surface area contributed by atoms with Gasteiger partial charge in [0.1, 0.15) is 5.84 Å². The molecular formula is C16H26N2. The summed E-state index contributed by atoms with van der Waals surface area (Å²) in [7, 11) is 0. The van der Waals surface area contributed by atoms with E-state index in [9.17, 15) is 0 Å². The van der Waals surface area contributed by atoms with Crippen LogP contribution in [-0.4, -0.2) is 23.8 Å². The Bertz CT molecular complexity index is 356. The highest BCUT2D eigenvalue weighted by atomic mass is 15.2. The van der Waals surface area contributed by atoms with E-state index < -0.39 is 0 Å². The predicted molar refractivity (Wildman–Crippen MR) is 80.5 cm³/mol. The quantitative estimate of drug-likeness (QED) is 0.557. The smallest absolute Gasteiger partial charge is 0.102 e. The van der Waals surface area contributed by atoms with Crippen molar-refractivity contribution in [1.29, 1.82) is 0 Å². The highest BCUT2D eigenvalue weighted by Gasteiger charge is 2.10. The molecule has 0 unspecified atom stereocenters. The van der Waals surface area contributed by atoms with Crippen LogP contribution in [0, 0.1) is 11.8 Å². The van der Waals surface area contributed by atoms with Crippen LogP contribution in [0.5, 0.6) is 0 Å². The average Bonchev–Trinajstić information content (AvgIpc) is 2.28. The van der Waals surface area contributed by atoms with Gasteiger partial charge < -0.3 is 4.90 Å². The largest absolute Gasteiger partial charge is 0.360 e. The van der Waals surface area contributed by atoms with Crippen molar-refractivity contribution in [1.82, 2.24) is 4.90 Å². The van der Waals surface area contributed by atoms with E-state index in [1.165, 1.54) is 0 Å². The molecule has 0 fully saturated rings. The van der Waals surface area contributed by atoms with Gasteiger partial charge in [0.05, 0.1) is 5.69 Å². The topological polar surface area (TPSA) is 15.6 Å². The van der Waals surface area contributed by atoms with E-state index in [0.717, 1.165) is 24.6 Å². The number of aliphatic imine (C=N–C) groups is 1. The third-order valence-electron chi connectivity index (χ3n) is 2.68. The molecule has 0 atom stereocenters. The van der Waals surface area contributed by atoms with E-state index >= 15 is 0 Å². The van der Waals surface area contributed by atoms with Gasteiger partial charge in [-0.05, 0) is 30.9 Å². The molecule has 0 aliphatic rings. The Labute approximate surface area is 112 Å². The minimum atomic E-state index is 0.657. The first-order chi connectivity index (χ1) is 8.49. The highest BCUT2D eigenvalue weighted by Crippen LogP contribution is 2.13. The summed E-state index contributed by atoms with van der Waals surface area (Å²) >= 11 is 0. The van der Waals surface area contributed by atoms with Crippen LogP contribution in [0.3, 0.4) is 0 Å². The van der Waals surface area contributed by atoms with Crippen molar-refractivity contribution < 1.29 is 0 Å². The molecule has 0 spiro atoms. The molecule has 0 amide bonds. The number of amidine groups is 1. The van der Waals surface area contributed by atoms with Gasteiger partial charge in [-0.2, -0.15) is 0 Å². The predicted octanol–water partition coefficient (Wildman–Crippen LogP) is 4.35. The lowest BCUT2D eigenvalue weighted by Crippen LogP contribution is -2.35. The van der Waals surface area contributed by atoms with Crippen molar-refractivity contribution in [2.24, 2.45) is 16.8 Å². The number of hydrogen-bond donors (Lipinski definition) is 0. The van der Waals surface area contributed by atoms with Gasteiger partial charge in [0.15, 0.2) is 0 Å². The standard InChI is InChI=1S/C16H26N2/c1-13(2)11-18(12-14(3)4)15(5)17-16-9-7-6-8-10-16/h6-10,13-14H,11-12H2,1-5H3. The molecule has 0 aliphatic heterocycles. The summed E-state index contributed by atoms with van der Waals surface area (Å²) in [6.07, 6.45) is 0. The van der Waals surface area contributed by atoms with Crippen molar-refractivity contribution in [2.45, 2.75) is 34.6 Å². The number of nitrogens with zero attached hydrogens (tertiary/aromatic N) is 2. The second-order valence-corrected chi connectivity index (χ2v) is 5.69. The Morgan fingerprint density at radius 3 is 1.94 bits per heavy atom. The molecule has 100 valence electrons. The fraction of sp³-hybridized carbons (Fsp3) is 0.562. The molecule has 1 aromatic rings. The van der Waals surface area contributed by atoms with Gasteiger partial charge in [-0.3, -0.25) is 0 Å². The van der Waals surface area contributed by atoms with Crippen LogP contribution < -0.4 is 0 Å². The van der Waals surface area contributed by atoms with E-state index in [1.807, 2.05) is 30.3 Å². The van der Waals surface area contributed by atoms with Gasteiger partial charge in [-0.15, -0.1) is 0 Å². The molecule has 1 aromatic carbocycles. The van der Waals surface area contributed by atoms with Gasteiger partial charge in [0, 0.05) is 13.1 Å². The number of rotatable bonds is 5. The van der Waals surface area contributed by atoms with Crippen LogP contribution in [0.15, 0.2) is 35.3 Å². The van der Waals surface area contributed by atoms with Crippen molar-refractivity contribution in [2.75, 3.05) is 13.1 Å². The summed E-state index contributed by atoms with van der Waals surface area (Å²) in [4.78, 5) is 7.10. The molecule has 1 rings (SSSR count). The molecule has 18 heavy (non-hydrogen) atoms. The summed E-state index contributed by atoms with van der Waals surface area (Å²) < 4.78 is 0. The third-order valence-corrected chi connectivity index (χ3v) is 2.68. The SMILES string of the molecule is CC(=Nc1ccccc1)N(CC(C)C)CC(C)C. The first kappa shape index (κ1) is 14.7. The van der Waals surface area contributed by atoms with Crippen molar-refractivity contribution in [3.63, 3.8) is 0 Å². The lowest BCUT2D eigenvalue weighted by Gasteiger charge is -2.28. The van der Waals surface area contributed by atoms with Crippen LogP contribution in [-0.2, 0) is 0 Å². The zero-order valence-electron chi connectivity index (χ0n) is 12.4. The Morgan fingerprint density at radius 1 is 1.00 bits per heavy atom. The van der Waals surface area contributed by atoms with E-state index in [2.05, 4.69) is 39.5 Å². The molecule has 0 bridgehead atoms. The molecule has 0 heterocycles. The summed E-state index contributed by atoms with van der Waals surface area (Å²) in [6.45, 7) is 13.3. The Kier molecular flexibility index (Phi) is 5.90. The molecular weight excluding hydrogens is 220 g/mol. The molecule has 2 heteroatoms. The number of benzene rings is 1. The number of hydrogen-bond acceptors (Lipinski definition) is 1. The summed E-state index contributed by atoms with van der Waals surface area (Å²) in [6, 6.07) is 10.2. The Hall–Kier alpha value is -1.31. The van der Waals surface area contributed by atoms with Crippen LogP contribution in [0.2, 0.25) is 0 Å². The average molecular weight is 246 g/mol. The van der Waals surface area contributed by atoms with E-state index in [-0.39, 0.29) is 0 Å². The molecule has 0 aromatic heterocycles. The maximum absolute atomic E-state index is 4.71. The molecule has 0 radical (unpaired) electrons. The maximum Gasteiger partial charge on any atom is 0.102 e. The Morgan fingerprint density at radius 2 is 1.50 bits per heavy atom. The molecule has 0 saturated heterocycles. The molecule has 0 aliphatic carbocycles. The summed E-state index contributed by atoms with van der Waals surface area (Å²) in [5.74, 6) is 2.43. The lowest BCUT2D eigenvalue weighted by molar-refractivity contribution is 0.326. The Balaban J connectivity index is 2.80. The first-order valence-corrected chi connectivity index (χ1v) is 6.84. The van der Waals surface area contributed by atoms with Crippen LogP contribution in [0.1, 0.15) is 34.6 Å². The van der Waals surface area contributed by atoms with Crippen molar-refractivity contribution in [3.8, 4) is 0 Å². The monoisotopic (exact) mass is 246 g/mol. The van der Waals surface area contributed by atoms with E-state index in [1.54, 1.807) is 0 Å². The van der Waals surface area contributed by atoms with E-state index in [0.29, 0.717) is 11.8 Å². The second kappa shape index (κ2) is 7.20. The molecule has 2 nitrogen and oxygen atoms in total. The van der Waals surface area contributed by atoms with Crippen LogP contribution >= 0.6 is 0 Å². The van der Waals surface area contributed by atoms with Gasteiger partial charge in [0.2, 0.25) is 0 Å². The number of para-hydroxylation sites is 1. The maximum atomic E-state index is 4.71. The third kappa shape index (κ3) is 5.35. The molecule has 0 N–H and O–H groups in total. The summed E-state index contributed by atoms with van der Waals surface area (Å²) in [5, 5.41) is 0. The van der Waals surface area contributed by atoms with Crippen molar-refractivity contribution >= 4 is 11.5 Å². The van der Waals surface area contributed by atoms with Gasteiger partial charge in [-0.1, -0.05) is 45.9 Å². The second-order valence-electron chi connectivity index (χ2n) is 5.69. The zero-order chi connectivity index (χ0) is 13.5. The van der Waals surface area contributed by atoms with Gasteiger partial charge in [0.25, 0.3) is 0 Å². The van der Waals surface area contributed by atoms with Gasteiger partial charge >= 0.3 is 0 Å². The summed E-state index contributed by atoms with van der Waals surface area (Å²) in [5.41, 5.74) is 1.03. The fourth-order valence-electron chi connectivity index (χ4n) is 1.98. The van der Waals surface area contributed by atoms with Crippen molar-refractivity contribution in [3.05, 3.63) is 30.3 Å².